The normalized spacial score (nSPS) is 13.9. The molecular formula is C20H38. The van der Waals surface area contributed by atoms with Crippen LogP contribution >= 0.6 is 0 Å². The largest absolute Gasteiger partial charge is 0.103 e. The fraction of sp³-hybridized carbons (Fsp3) is 0.800. The van der Waals surface area contributed by atoms with Crippen molar-refractivity contribution in [3.8, 4) is 0 Å². The van der Waals surface area contributed by atoms with E-state index in [2.05, 4.69) is 39.2 Å². The van der Waals surface area contributed by atoms with Gasteiger partial charge in [-0.05, 0) is 37.5 Å². The maximum atomic E-state index is 3.97. The van der Waals surface area contributed by atoms with Crippen LogP contribution < -0.4 is 0 Å². The van der Waals surface area contributed by atoms with Crippen LogP contribution in [0.1, 0.15) is 90.9 Å². The van der Waals surface area contributed by atoms with Crippen molar-refractivity contribution in [2.45, 2.75) is 90.9 Å². The van der Waals surface area contributed by atoms with E-state index in [9.17, 15) is 0 Å². The molecule has 0 aromatic heterocycles. The fourth-order valence-electron chi connectivity index (χ4n) is 3.19. The molecule has 2 unspecified atom stereocenters. The first-order valence-electron chi connectivity index (χ1n) is 9.01. The van der Waals surface area contributed by atoms with Crippen molar-refractivity contribution in [1.29, 1.82) is 0 Å². The molecule has 0 N–H and O–H groups in total. The number of unbranched alkanes of at least 4 members (excludes halogenated alkanes) is 6. The predicted molar refractivity (Wildman–Crippen MR) is 94.1 cm³/mol. The van der Waals surface area contributed by atoms with Gasteiger partial charge in [0.05, 0.1) is 0 Å². The molecule has 0 heteroatoms. The molecule has 0 heterocycles. The van der Waals surface area contributed by atoms with Crippen LogP contribution in [0.25, 0.3) is 0 Å². The minimum Gasteiger partial charge on any atom is -0.103 e. The highest BCUT2D eigenvalue weighted by molar-refractivity contribution is 4.83. The predicted octanol–water partition coefficient (Wildman–Crippen LogP) is 7.31. The molecule has 0 aliphatic rings. The Morgan fingerprint density at radius 3 is 1.35 bits per heavy atom. The zero-order valence-electron chi connectivity index (χ0n) is 14.2. The van der Waals surface area contributed by atoms with Crippen LogP contribution in [0.3, 0.4) is 0 Å². The van der Waals surface area contributed by atoms with Crippen LogP contribution in [0, 0.1) is 11.8 Å². The Hall–Kier alpha value is -0.520. The average Bonchev–Trinajstić information content (AvgIpc) is 2.46. The highest BCUT2D eigenvalue weighted by Gasteiger charge is 2.18. The monoisotopic (exact) mass is 278 g/mol. The highest BCUT2D eigenvalue weighted by Crippen LogP contribution is 2.30. The van der Waals surface area contributed by atoms with Crippen LogP contribution in [0.2, 0.25) is 0 Å². The number of allylic oxidation sites excluding steroid dienone is 2. The van der Waals surface area contributed by atoms with Crippen LogP contribution in [-0.2, 0) is 0 Å². The first kappa shape index (κ1) is 19.5. The molecule has 0 aromatic carbocycles. The molecule has 0 radical (unpaired) electrons. The zero-order chi connectivity index (χ0) is 15.1. The summed E-state index contributed by atoms with van der Waals surface area (Å²) >= 11 is 0. The summed E-state index contributed by atoms with van der Waals surface area (Å²) < 4.78 is 0. The first-order valence-corrected chi connectivity index (χ1v) is 9.01. The molecule has 0 aliphatic carbocycles. The Morgan fingerprint density at radius 1 is 0.650 bits per heavy atom. The van der Waals surface area contributed by atoms with Gasteiger partial charge < -0.3 is 0 Å². The molecule has 0 amide bonds. The molecule has 0 bridgehead atoms. The van der Waals surface area contributed by atoms with E-state index in [0.29, 0.717) is 0 Å². The molecule has 0 fully saturated rings. The van der Waals surface area contributed by atoms with Crippen molar-refractivity contribution in [1.82, 2.24) is 0 Å². The molecule has 0 nitrogen and oxygen atoms in total. The number of rotatable bonds is 15. The number of hydrogen-bond acceptors (Lipinski definition) is 0. The van der Waals surface area contributed by atoms with Crippen LogP contribution in [0.5, 0.6) is 0 Å². The van der Waals surface area contributed by atoms with E-state index in [1.54, 1.807) is 0 Å². The van der Waals surface area contributed by atoms with Crippen molar-refractivity contribution < 1.29 is 0 Å². The molecule has 0 rings (SSSR count). The molecule has 0 aliphatic heterocycles. The summed E-state index contributed by atoms with van der Waals surface area (Å²) in [4.78, 5) is 0. The van der Waals surface area contributed by atoms with Gasteiger partial charge in [-0.15, -0.1) is 13.2 Å². The molecule has 0 aromatic rings. The molecule has 118 valence electrons. The Balaban J connectivity index is 4.19. The lowest BCUT2D eigenvalue weighted by molar-refractivity contribution is 0.282. The maximum absolute atomic E-state index is 3.97. The smallest absolute Gasteiger partial charge is 0.0322 e. The van der Waals surface area contributed by atoms with Crippen molar-refractivity contribution >= 4 is 0 Å². The third-order valence-electron chi connectivity index (χ3n) is 4.46. The maximum Gasteiger partial charge on any atom is -0.0322 e. The van der Waals surface area contributed by atoms with Crippen molar-refractivity contribution in [2.24, 2.45) is 11.8 Å². The third kappa shape index (κ3) is 10.3. The second kappa shape index (κ2) is 14.9. The lowest BCUT2D eigenvalue weighted by Gasteiger charge is -2.26. The summed E-state index contributed by atoms with van der Waals surface area (Å²) in [5, 5.41) is 0. The zero-order valence-corrected chi connectivity index (χ0v) is 14.2. The summed E-state index contributed by atoms with van der Waals surface area (Å²) in [7, 11) is 0. The van der Waals surface area contributed by atoms with E-state index in [-0.39, 0.29) is 0 Å². The lowest BCUT2D eigenvalue weighted by atomic mass is 9.80. The van der Waals surface area contributed by atoms with Crippen molar-refractivity contribution in [3.63, 3.8) is 0 Å². The second-order valence-electron chi connectivity index (χ2n) is 6.27. The summed E-state index contributed by atoms with van der Waals surface area (Å²) in [6, 6.07) is 0. The van der Waals surface area contributed by atoms with E-state index >= 15 is 0 Å². The molecule has 2 atom stereocenters. The van der Waals surface area contributed by atoms with Gasteiger partial charge in [-0.25, -0.2) is 0 Å². The van der Waals surface area contributed by atoms with Gasteiger partial charge in [0, 0.05) is 0 Å². The van der Waals surface area contributed by atoms with Crippen LogP contribution in [0.15, 0.2) is 25.3 Å². The van der Waals surface area contributed by atoms with E-state index in [4.69, 9.17) is 0 Å². The summed E-state index contributed by atoms with van der Waals surface area (Å²) in [6.45, 7) is 12.5. The van der Waals surface area contributed by atoms with Gasteiger partial charge in [0.15, 0.2) is 0 Å². The minimum atomic E-state index is 0.837. The SMILES string of the molecule is C=CCC(CCCCCC)C(CC=C)CCCCCC. The van der Waals surface area contributed by atoms with Gasteiger partial charge in [0.1, 0.15) is 0 Å². The molecule has 0 saturated heterocycles. The van der Waals surface area contributed by atoms with Gasteiger partial charge in [-0.1, -0.05) is 77.4 Å². The third-order valence-corrected chi connectivity index (χ3v) is 4.46. The Labute approximate surface area is 128 Å². The van der Waals surface area contributed by atoms with Gasteiger partial charge in [-0.2, -0.15) is 0 Å². The van der Waals surface area contributed by atoms with Crippen molar-refractivity contribution in [2.75, 3.05) is 0 Å². The van der Waals surface area contributed by atoms with E-state index in [1.807, 2.05) is 0 Å². The Morgan fingerprint density at radius 2 is 1.05 bits per heavy atom. The fourth-order valence-corrected chi connectivity index (χ4v) is 3.19. The molecular weight excluding hydrogens is 240 g/mol. The van der Waals surface area contributed by atoms with E-state index in [1.165, 1.54) is 77.0 Å². The van der Waals surface area contributed by atoms with Crippen LogP contribution in [-0.4, -0.2) is 0 Å². The standard InChI is InChI=1S/C20H38/c1-5-9-11-13-17-19(15-7-3)20(16-8-4)18-14-12-10-6-2/h7-8,19-20H,3-6,9-18H2,1-2H3. The Kier molecular flexibility index (Phi) is 14.5. The van der Waals surface area contributed by atoms with E-state index in [0.717, 1.165) is 11.8 Å². The highest BCUT2D eigenvalue weighted by atomic mass is 14.2. The van der Waals surface area contributed by atoms with Gasteiger partial charge in [0.25, 0.3) is 0 Å². The van der Waals surface area contributed by atoms with Crippen LogP contribution in [0.4, 0.5) is 0 Å². The summed E-state index contributed by atoms with van der Waals surface area (Å²) in [5.74, 6) is 1.67. The molecule has 0 saturated carbocycles. The number of hydrogen-bond donors (Lipinski definition) is 0. The lowest BCUT2D eigenvalue weighted by Crippen LogP contribution is -2.14. The second-order valence-corrected chi connectivity index (χ2v) is 6.27. The molecule has 0 spiro atoms. The topological polar surface area (TPSA) is 0 Å². The van der Waals surface area contributed by atoms with Gasteiger partial charge in [-0.3, -0.25) is 0 Å². The van der Waals surface area contributed by atoms with E-state index < -0.39 is 0 Å². The molecule has 20 heavy (non-hydrogen) atoms. The first-order chi connectivity index (χ1) is 9.79. The minimum absolute atomic E-state index is 0.837. The summed E-state index contributed by atoms with van der Waals surface area (Å²) in [6.07, 6.45) is 20.5. The van der Waals surface area contributed by atoms with Gasteiger partial charge >= 0.3 is 0 Å². The quantitative estimate of drug-likeness (QED) is 0.217. The Bertz CT molecular complexity index is 192. The summed E-state index contributed by atoms with van der Waals surface area (Å²) in [5.41, 5.74) is 0. The average molecular weight is 279 g/mol. The van der Waals surface area contributed by atoms with Crippen molar-refractivity contribution in [3.05, 3.63) is 25.3 Å². The van der Waals surface area contributed by atoms with Gasteiger partial charge in [0.2, 0.25) is 0 Å².